The van der Waals surface area contributed by atoms with Crippen molar-refractivity contribution in [3.8, 4) is 6.07 Å². The van der Waals surface area contributed by atoms with Crippen molar-refractivity contribution in [3.63, 3.8) is 0 Å². The molecular weight excluding hydrogens is 246 g/mol. The quantitative estimate of drug-likeness (QED) is 0.765. The minimum absolute atomic E-state index is 0.206. The topological polar surface area (TPSA) is 36.3 Å². The molecule has 0 N–H and O–H groups in total. The molecule has 2 unspecified atom stereocenters. The van der Waals surface area contributed by atoms with E-state index >= 15 is 0 Å². The molecule has 1 saturated heterocycles. The Morgan fingerprint density at radius 1 is 1.06 bits per heavy atom. The molecule has 2 nitrogen and oxygen atoms in total. The number of halogens is 1. The number of hydrogen-bond donors (Lipinski definition) is 0. The second-order valence-electron chi connectivity index (χ2n) is 4.26. The van der Waals surface area contributed by atoms with Crippen molar-refractivity contribution < 1.29 is 4.74 Å². The smallest absolute Gasteiger partial charge is 0.210 e. The third-order valence-electron chi connectivity index (χ3n) is 3.16. The van der Waals surface area contributed by atoms with Crippen LogP contribution in [0.25, 0.3) is 0 Å². The maximum Gasteiger partial charge on any atom is 0.210 e. The van der Waals surface area contributed by atoms with Crippen LogP contribution in [0.5, 0.6) is 0 Å². The first-order chi connectivity index (χ1) is 8.76. The Bertz CT molecular complexity index is 603. The number of benzene rings is 2. The summed E-state index contributed by atoms with van der Waals surface area (Å²) >= 11 is 5.85. The zero-order chi connectivity index (χ0) is 12.6. The van der Waals surface area contributed by atoms with Crippen LogP contribution in [0.4, 0.5) is 0 Å². The molecule has 0 amide bonds. The van der Waals surface area contributed by atoms with Gasteiger partial charge in [0.05, 0.1) is 0 Å². The van der Waals surface area contributed by atoms with Gasteiger partial charge in [-0.1, -0.05) is 54.1 Å². The molecule has 2 aromatic carbocycles. The fraction of sp³-hybridized carbons (Fsp3) is 0.133. The first-order valence-corrected chi connectivity index (χ1v) is 6.04. The van der Waals surface area contributed by atoms with E-state index in [-0.39, 0.29) is 6.10 Å². The number of hydrogen-bond acceptors (Lipinski definition) is 2. The van der Waals surface area contributed by atoms with Gasteiger partial charge in [-0.05, 0) is 17.7 Å². The zero-order valence-electron chi connectivity index (χ0n) is 9.51. The lowest BCUT2D eigenvalue weighted by molar-refractivity contribution is 0.340. The maximum absolute atomic E-state index is 9.40. The molecule has 1 aliphatic rings. The van der Waals surface area contributed by atoms with E-state index in [0.717, 1.165) is 11.1 Å². The Hall–Kier alpha value is -1.82. The highest BCUT2D eigenvalue weighted by atomic mass is 35.5. The van der Waals surface area contributed by atoms with Crippen molar-refractivity contribution in [1.82, 2.24) is 0 Å². The van der Waals surface area contributed by atoms with E-state index in [1.165, 1.54) is 0 Å². The molecule has 18 heavy (non-hydrogen) atoms. The fourth-order valence-electron chi connectivity index (χ4n) is 2.15. The Labute approximate surface area is 110 Å². The molecule has 0 saturated carbocycles. The van der Waals surface area contributed by atoms with E-state index in [9.17, 15) is 5.26 Å². The van der Waals surface area contributed by atoms with E-state index in [1.807, 2.05) is 54.6 Å². The number of rotatable bonds is 2. The van der Waals surface area contributed by atoms with Gasteiger partial charge in [-0.2, -0.15) is 5.26 Å². The van der Waals surface area contributed by atoms with Gasteiger partial charge in [0.25, 0.3) is 0 Å². The predicted molar refractivity (Wildman–Crippen MR) is 69.0 cm³/mol. The van der Waals surface area contributed by atoms with E-state index in [0.29, 0.717) is 5.02 Å². The summed E-state index contributed by atoms with van der Waals surface area (Å²) in [7, 11) is 0. The average molecular weight is 256 g/mol. The van der Waals surface area contributed by atoms with Gasteiger partial charge in [-0.25, -0.2) is 0 Å². The summed E-state index contributed by atoms with van der Waals surface area (Å²) in [5.41, 5.74) is 1.03. The van der Waals surface area contributed by atoms with E-state index in [4.69, 9.17) is 16.3 Å². The summed E-state index contributed by atoms with van der Waals surface area (Å²) in [6.07, 6.45) is -0.206. The van der Waals surface area contributed by atoms with Crippen molar-refractivity contribution in [3.05, 3.63) is 70.7 Å². The molecule has 2 aromatic rings. The van der Waals surface area contributed by atoms with E-state index in [1.54, 1.807) is 0 Å². The van der Waals surface area contributed by atoms with Crippen LogP contribution in [0.3, 0.4) is 0 Å². The van der Waals surface area contributed by atoms with Crippen LogP contribution in [0, 0.1) is 11.3 Å². The average Bonchev–Trinajstić information content (AvgIpc) is 3.17. The summed E-state index contributed by atoms with van der Waals surface area (Å²) in [4.78, 5) is 0. The number of nitriles is 1. The molecule has 0 radical (unpaired) electrons. The van der Waals surface area contributed by atoms with E-state index < -0.39 is 5.60 Å². The van der Waals surface area contributed by atoms with Gasteiger partial charge in [-0.15, -0.1) is 0 Å². The van der Waals surface area contributed by atoms with Crippen LogP contribution in [0.1, 0.15) is 17.2 Å². The van der Waals surface area contributed by atoms with Crippen LogP contribution in [-0.2, 0) is 10.3 Å². The van der Waals surface area contributed by atoms with Crippen LogP contribution >= 0.6 is 11.6 Å². The molecule has 1 aliphatic heterocycles. The van der Waals surface area contributed by atoms with Crippen LogP contribution in [0.2, 0.25) is 5.02 Å². The molecule has 0 aromatic heterocycles. The van der Waals surface area contributed by atoms with Crippen molar-refractivity contribution in [2.75, 3.05) is 0 Å². The molecule has 1 fully saturated rings. The van der Waals surface area contributed by atoms with Gasteiger partial charge >= 0.3 is 0 Å². The predicted octanol–water partition coefficient (Wildman–Crippen LogP) is 3.83. The molecule has 0 aliphatic carbocycles. The Morgan fingerprint density at radius 3 is 2.33 bits per heavy atom. The minimum Gasteiger partial charge on any atom is -0.340 e. The normalized spacial score (nSPS) is 25.4. The first-order valence-electron chi connectivity index (χ1n) is 5.66. The van der Waals surface area contributed by atoms with Crippen LogP contribution in [0.15, 0.2) is 54.6 Å². The fourth-order valence-corrected chi connectivity index (χ4v) is 2.27. The molecule has 3 rings (SSSR count). The highest BCUT2D eigenvalue weighted by Crippen LogP contribution is 2.56. The zero-order valence-corrected chi connectivity index (χ0v) is 10.3. The number of nitrogens with zero attached hydrogens (tertiary/aromatic N) is 1. The lowest BCUT2D eigenvalue weighted by Gasteiger charge is -2.04. The number of epoxide rings is 1. The second kappa shape index (κ2) is 4.13. The molecule has 1 heterocycles. The standard InChI is InChI=1S/C15H10ClNO/c16-13-8-6-11(7-9-13)14-15(10-17,18-14)12-4-2-1-3-5-12/h1-9,14H. The van der Waals surface area contributed by atoms with Crippen LogP contribution in [-0.4, -0.2) is 0 Å². The third-order valence-corrected chi connectivity index (χ3v) is 3.41. The summed E-state index contributed by atoms with van der Waals surface area (Å²) < 4.78 is 5.66. The van der Waals surface area contributed by atoms with Crippen LogP contribution < -0.4 is 0 Å². The Morgan fingerprint density at radius 2 is 1.72 bits per heavy atom. The Kier molecular flexibility index (Phi) is 2.59. The van der Waals surface area contributed by atoms with Crippen molar-refractivity contribution >= 4 is 11.6 Å². The second-order valence-corrected chi connectivity index (χ2v) is 4.70. The van der Waals surface area contributed by atoms with Gasteiger partial charge in [0.1, 0.15) is 12.2 Å². The molecule has 2 atom stereocenters. The van der Waals surface area contributed by atoms with E-state index in [2.05, 4.69) is 6.07 Å². The molecule has 0 spiro atoms. The van der Waals surface area contributed by atoms with Crippen molar-refractivity contribution in [2.24, 2.45) is 0 Å². The lowest BCUT2D eigenvalue weighted by Crippen LogP contribution is -2.06. The summed E-state index contributed by atoms with van der Waals surface area (Å²) in [6, 6.07) is 19.3. The minimum atomic E-state index is -0.838. The van der Waals surface area contributed by atoms with Gasteiger partial charge in [-0.3, -0.25) is 0 Å². The SMILES string of the molecule is N#CC1(c2ccccc2)OC1c1ccc(Cl)cc1. The monoisotopic (exact) mass is 255 g/mol. The third kappa shape index (κ3) is 1.69. The van der Waals surface area contributed by atoms with Gasteiger partial charge < -0.3 is 4.74 Å². The van der Waals surface area contributed by atoms with Crippen molar-refractivity contribution in [1.29, 1.82) is 5.26 Å². The van der Waals surface area contributed by atoms with Gasteiger partial charge in [0.15, 0.2) is 0 Å². The highest BCUT2D eigenvalue weighted by Gasteiger charge is 2.59. The van der Waals surface area contributed by atoms with Gasteiger partial charge in [0, 0.05) is 10.6 Å². The largest absolute Gasteiger partial charge is 0.340 e. The highest BCUT2D eigenvalue weighted by molar-refractivity contribution is 6.30. The summed E-state index contributed by atoms with van der Waals surface area (Å²) in [5, 5.41) is 10.1. The summed E-state index contributed by atoms with van der Waals surface area (Å²) in [6.45, 7) is 0. The molecule has 0 bridgehead atoms. The molecule has 88 valence electrons. The maximum atomic E-state index is 9.40. The van der Waals surface area contributed by atoms with Gasteiger partial charge in [0.2, 0.25) is 5.60 Å². The van der Waals surface area contributed by atoms with Crippen molar-refractivity contribution in [2.45, 2.75) is 11.7 Å². The molecule has 3 heteroatoms. The Balaban J connectivity index is 1.95. The lowest BCUT2D eigenvalue weighted by atomic mass is 9.93. The summed E-state index contributed by atoms with van der Waals surface area (Å²) in [5.74, 6) is 0. The number of ether oxygens (including phenoxy) is 1. The molecular formula is C15H10ClNO. The first kappa shape index (κ1) is 11.3.